The second-order valence-electron chi connectivity index (χ2n) is 4.58. The average molecular weight is 302 g/mol. The van der Waals surface area contributed by atoms with Crippen molar-refractivity contribution in [2.75, 3.05) is 5.32 Å². The van der Waals surface area contributed by atoms with Gasteiger partial charge in [-0.2, -0.15) is 0 Å². The monoisotopic (exact) mass is 301 g/mol. The lowest BCUT2D eigenvalue weighted by Gasteiger charge is -2.23. The summed E-state index contributed by atoms with van der Waals surface area (Å²) in [4.78, 5) is 0. The maximum absolute atomic E-state index is 13.2. The summed E-state index contributed by atoms with van der Waals surface area (Å²) in [6, 6.07) is 4.58. The number of aliphatic hydroxyl groups is 1. The van der Waals surface area contributed by atoms with E-state index in [1.54, 1.807) is 6.07 Å². The molecule has 0 aliphatic heterocycles. The highest BCUT2D eigenvalue weighted by Crippen LogP contribution is 2.27. The number of nitrogens with one attached hydrogen (secondary N) is 1. The first-order chi connectivity index (χ1) is 8.16. The molecular weight excluding hydrogens is 285 g/mol. The third-order valence-corrected chi connectivity index (χ3v) is 3.94. The molecule has 0 amide bonds. The van der Waals surface area contributed by atoms with Crippen LogP contribution in [-0.4, -0.2) is 17.3 Å². The first-order valence-corrected chi connectivity index (χ1v) is 6.86. The molecule has 17 heavy (non-hydrogen) atoms. The van der Waals surface area contributed by atoms with Crippen molar-refractivity contribution in [1.29, 1.82) is 0 Å². The predicted molar refractivity (Wildman–Crippen MR) is 70.6 cm³/mol. The fourth-order valence-corrected chi connectivity index (χ4v) is 2.63. The van der Waals surface area contributed by atoms with E-state index in [2.05, 4.69) is 21.2 Å². The lowest BCUT2D eigenvalue weighted by atomic mass is 10.1. The van der Waals surface area contributed by atoms with Crippen molar-refractivity contribution in [2.45, 2.75) is 44.2 Å². The highest BCUT2D eigenvalue weighted by molar-refractivity contribution is 9.10. The number of halogens is 2. The third kappa shape index (κ3) is 3.42. The van der Waals surface area contributed by atoms with E-state index < -0.39 is 0 Å². The average Bonchev–Trinajstić information content (AvgIpc) is 2.50. The van der Waals surface area contributed by atoms with Crippen LogP contribution in [0.5, 0.6) is 0 Å². The molecule has 2 atom stereocenters. The molecule has 1 aliphatic carbocycles. The number of hydrogen-bond acceptors (Lipinski definition) is 2. The van der Waals surface area contributed by atoms with Gasteiger partial charge in [0.05, 0.1) is 17.8 Å². The zero-order chi connectivity index (χ0) is 12.3. The molecule has 4 heteroatoms. The molecule has 0 radical (unpaired) electrons. The van der Waals surface area contributed by atoms with Gasteiger partial charge in [-0.3, -0.25) is 0 Å². The minimum atomic E-state index is -0.340. The van der Waals surface area contributed by atoms with Crippen molar-refractivity contribution in [1.82, 2.24) is 0 Å². The van der Waals surface area contributed by atoms with Crippen LogP contribution in [0.4, 0.5) is 10.1 Å². The van der Waals surface area contributed by atoms with Crippen LogP contribution >= 0.6 is 15.9 Å². The van der Waals surface area contributed by atoms with Crippen LogP contribution in [0, 0.1) is 5.82 Å². The van der Waals surface area contributed by atoms with Gasteiger partial charge < -0.3 is 10.4 Å². The molecule has 2 N–H and O–H groups in total. The molecule has 94 valence electrons. The zero-order valence-corrected chi connectivity index (χ0v) is 11.2. The van der Waals surface area contributed by atoms with Crippen LogP contribution in [0.25, 0.3) is 0 Å². The standard InChI is InChI=1S/C13H17BrFNO/c14-10-7-6-9(15)8-12(10)16-11-4-2-1-3-5-13(11)17/h6-8,11,13,16-17H,1-5H2. The summed E-state index contributed by atoms with van der Waals surface area (Å²) in [5.74, 6) is -0.265. The molecule has 0 heterocycles. The molecule has 1 saturated carbocycles. The first kappa shape index (κ1) is 12.8. The molecule has 1 aromatic carbocycles. The Hall–Kier alpha value is -0.610. The van der Waals surface area contributed by atoms with Gasteiger partial charge in [0.15, 0.2) is 0 Å². The van der Waals surface area contributed by atoms with Gasteiger partial charge in [-0.05, 0) is 47.0 Å². The molecule has 0 spiro atoms. The smallest absolute Gasteiger partial charge is 0.125 e. The van der Waals surface area contributed by atoms with Crippen LogP contribution < -0.4 is 5.32 Å². The van der Waals surface area contributed by atoms with Gasteiger partial charge in [0.25, 0.3) is 0 Å². The van der Waals surface area contributed by atoms with Gasteiger partial charge in [0.1, 0.15) is 5.82 Å². The summed E-state index contributed by atoms with van der Waals surface area (Å²) < 4.78 is 14.0. The van der Waals surface area contributed by atoms with Gasteiger partial charge in [-0.25, -0.2) is 4.39 Å². The van der Waals surface area contributed by atoms with E-state index in [1.165, 1.54) is 18.6 Å². The van der Waals surface area contributed by atoms with Crippen LogP contribution in [0.1, 0.15) is 32.1 Å². The van der Waals surface area contributed by atoms with E-state index in [4.69, 9.17) is 0 Å². The second-order valence-corrected chi connectivity index (χ2v) is 5.43. The summed E-state index contributed by atoms with van der Waals surface area (Å²) >= 11 is 3.39. The van der Waals surface area contributed by atoms with Gasteiger partial charge in [-0.1, -0.05) is 19.3 Å². The number of aliphatic hydroxyl groups excluding tert-OH is 1. The van der Waals surface area contributed by atoms with Crippen LogP contribution in [0.3, 0.4) is 0 Å². The zero-order valence-electron chi connectivity index (χ0n) is 9.63. The van der Waals surface area contributed by atoms with E-state index >= 15 is 0 Å². The number of rotatable bonds is 2. The first-order valence-electron chi connectivity index (χ1n) is 6.06. The molecule has 1 aromatic rings. The van der Waals surface area contributed by atoms with Gasteiger partial charge in [0, 0.05) is 4.47 Å². The molecule has 1 fully saturated rings. The van der Waals surface area contributed by atoms with Gasteiger partial charge in [0.2, 0.25) is 0 Å². The van der Waals surface area contributed by atoms with E-state index in [9.17, 15) is 9.50 Å². The SMILES string of the molecule is OC1CCCCCC1Nc1cc(F)ccc1Br. The van der Waals surface area contributed by atoms with Crippen LogP contribution in [0.15, 0.2) is 22.7 Å². The fraction of sp³-hybridized carbons (Fsp3) is 0.538. The van der Waals surface area contributed by atoms with Gasteiger partial charge >= 0.3 is 0 Å². The van der Waals surface area contributed by atoms with E-state index in [1.807, 2.05) is 0 Å². The summed E-state index contributed by atoms with van der Waals surface area (Å²) in [6.07, 6.45) is 4.77. The fourth-order valence-electron chi connectivity index (χ4n) is 2.26. The molecular formula is C13H17BrFNO. The Morgan fingerprint density at radius 2 is 2.00 bits per heavy atom. The topological polar surface area (TPSA) is 32.3 Å². The highest BCUT2D eigenvalue weighted by Gasteiger charge is 2.21. The number of hydrogen-bond donors (Lipinski definition) is 2. The minimum Gasteiger partial charge on any atom is -0.391 e. The number of benzene rings is 1. The third-order valence-electron chi connectivity index (χ3n) is 3.25. The highest BCUT2D eigenvalue weighted by atomic mass is 79.9. The lowest BCUT2D eigenvalue weighted by molar-refractivity contribution is 0.144. The van der Waals surface area contributed by atoms with E-state index in [0.717, 1.165) is 35.8 Å². The molecule has 2 unspecified atom stereocenters. The minimum absolute atomic E-state index is 0.0237. The largest absolute Gasteiger partial charge is 0.391 e. The van der Waals surface area contributed by atoms with Gasteiger partial charge in [-0.15, -0.1) is 0 Å². The molecule has 2 rings (SSSR count). The maximum atomic E-state index is 13.2. The van der Waals surface area contributed by atoms with Crippen molar-refractivity contribution in [3.8, 4) is 0 Å². The van der Waals surface area contributed by atoms with Crippen molar-refractivity contribution in [3.63, 3.8) is 0 Å². The Kier molecular flexibility index (Phi) is 4.40. The van der Waals surface area contributed by atoms with Crippen molar-refractivity contribution >= 4 is 21.6 Å². The van der Waals surface area contributed by atoms with E-state index in [0.29, 0.717) is 0 Å². The van der Waals surface area contributed by atoms with Crippen molar-refractivity contribution < 1.29 is 9.50 Å². The Morgan fingerprint density at radius 3 is 2.82 bits per heavy atom. The molecule has 1 aliphatic rings. The van der Waals surface area contributed by atoms with Crippen molar-refractivity contribution in [2.24, 2.45) is 0 Å². The molecule has 2 nitrogen and oxygen atoms in total. The summed E-state index contributed by atoms with van der Waals surface area (Å²) in [7, 11) is 0. The second kappa shape index (κ2) is 5.83. The summed E-state index contributed by atoms with van der Waals surface area (Å²) in [5, 5.41) is 13.2. The Morgan fingerprint density at radius 1 is 1.24 bits per heavy atom. The van der Waals surface area contributed by atoms with Crippen LogP contribution in [0.2, 0.25) is 0 Å². The Labute approximate surface area is 109 Å². The maximum Gasteiger partial charge on any atom is 0.125 e. The normalized spacial score (nSPS) is 25.4. The Balaban J connectivity index is 2.10. The molecule has 0 aromatic heterocycles. The van der Waals surface area contributed by atoms with Crippen LogP contribution in [-0.2, 0) is 0 Å². The van der Waals surface area contributed by atoms with E-state index in [-0.39, 0.29) is 18.0 Å². The predicted octanol–water partition coefficient (Wildman–Crippen LogP) is 3.69. The summed E-state index contributed by atoms with van der Waals surface area (Å²) in [6.45, 7) is 0. The quantitative estimate of drug-likeness (QED) is 0.817. The van der Waals surface area contributed by atoms with Crippen molar-refractivity contribution in [3.05, 3.63) is 28.5 Å². The number of anilines is 1. The molecule has 0 saturated heterocycles. The molecule has 0 bridgehead atoms. The summed E-state index contributed by atoms with van der Waals surface area (Å²) in [5.41, 5.74) is 0.718. The lowest BCUT2D eigenvalue weighted by Crippen LogP contribution is -2.32. The Bertz CT molecular complexity index is 386.